The second-order valence-corrected chi connectivity index (χ2v) is 5.74. The van der Waals surface area contributed by atoms with E-state index in [0.717, 1.165) is 17.7 Å². The molecule has 0 aromatic heterocycles. The maximum atomic E-state index is 13.6. The first-order valence-corrected chi connectivity index (χ1v) is 7.44. The minimum absolute atomic E-state index is 0.0347. The van der Waals surface area contributed by atoms with E-state index in [1.165, 1.54) is 9.13 Å². The molecule has 0 fully saturated rings. The Balaban J connectivity index is 2.48. The molecule has 1 atom stereocenters. The summed E-state index contributed by atoms with van der Waals surface area (Å²) in [6, 6.07) is 13.5. The second kappa shape index (κ2) is 6.48. The lowest BCUT2D eigenvalue weighted by Crippen LogP contribution is -2.23. The molecule has 0 aliphatic heterocycles. The van der Waals surface area contributed by atoms with E-state index in [4.69, 9.17) is 0 Å². The molecule has 0 saturated carbocycles. The van der Waals surface area contributed by atoms with Crippen molar-refractivity contribution in [2.75, 3.05) is 6.54 Å². The van der Waals surface area contributed by atoms with Gasteiger partial charge in [0.15, 0.2) is 0 Å². The van der Waals surface area contributed by atoms with Crippen LogP contribution in [0.1, 0.15) is 29.7 Å². The van der Waals surface area contributed by atoms with E-state index in [0.29, 0.717) is 0 Å². The van der Waals surface area contributed by atoms with Crippen molar-refractivity contribution >= 4 is 22.6 Å². The molecule has 19 heavy (non-hydrogen) atoms. The van der Waals surface area contributed by atoms with Crippen LogP contribution in [0.25, 0.3) is 0 Å². The van der Waals surface area contributed by atoms with E-state index in [-0.39, 0.29) is 11.9 Å². The molecule has 0 spiro atoms. The first-order chi connectivity index (χ1) is 9.11. The number of halogens is 2. The topological polar surface area (TPSA) is 12.0 Å². The number of rotatable bonds is 4. The Kier molecular flexibility index (Phi) is 4.93. The molecule has 1 N–H and O–H groups in total. The molecule has 0 bridgehead atoms. The van der Waals surface area contributed by atoms with E-state index >= 15 is 0 Å². The highest BCUT2D eigenvalue weighted by molar-refractivity contribution is 14.1. The SMILES string of the molecule is CCNC(c1cc(C)cc(F)c1)c1ccccc1I. The second-order valence-electron chi connectivity index (χ2n) is 4.57. The first-order valence-electron chi connectivity index (χ1n) is 6.36. The molecule has 0 heterocycles. The summed E-state index contributed by atoms with van der Waals surface area (Å²) in [6.07, 6.45) is 0. The predicted molar refractivity (Wildman–Crippen MR) is 85.8 cm³/mol. The molecular formula is C16H17FIN. The fourth-order valence-electron chi connectivity index (χ4n) is 2.25. The number of nitrogens with one attached hydrogen (secondary N) is 1. The summed E-state index contributed by atoms with van der Waals surface area (Å²) < 4.78 is 14.8. The summed E-state index contributed by atoms with van der Waals surface area (Å²) in [7, 11) is 0. The van der Waals surface area contributed by atoms with Gasteiger partial charge in [-0.3, -0.25) is 0 Å². The van der Waals surface area contributed by atoms with E-state index < -0.39 is 0 Å². The van der Waals surface area contributed by atoms with Crippen LogP contribution in [0.15, 0.2) is 42.5 Å². The van der Waals surface area contributed by atoms with Crippen LogP contribution in [0.2, 0.25) is 0 Å². The Labute approximate surface area is 127 Å². The van der Waals surface area contributed by atoms with Crippen LogP contribution in [0.5, 0.6) is 0 Å². The van der Waals surface area contributed by atoms with Crippen molar-refractivity contribution in [1.29, 1.82) is 0 Å². The van der Waals surface area contributed by atoms with Crippen molar-refractivity contribution in [3.05, 3.63) is 68.5 Å². The fourth-order valence-corrected chi connectivity index (χ4v) is 2.95. The molecule has 2 aromatic carbocycles. The van der Waals surface area contributed by atoms with Crippen molar-refractivity contribution < 1.29 is 4.39 Å². The van der Waals surface area contributed by atoms with Crippen LogP contribution in [-0.4, -0.2) is 6.54 Å². The zero-order chi connectivity index (χ0) is 13.8. The molecule has 2 rings (SSSR count). The molecule has 0 radical (unpaired) electrons. The van der Waals surface area contributed by atoms with E-state index in [1.54, 1.807) is 12.1 Å². The molecule has 3 heteroatoms. The predicted octanol–water partition coefficient (Wildman–Crippen LogP) is 4.44. The normalized spacial score (nSPS) is 12.4. The molecule has 0 aliphatic carbocycles. The van der Waals surface area contributed by atoms with Crippen molar-refractivity contribution in [2.24, 2.45) is 0 Å². The Morgan fingerprint density at radius 2 is 1.95 bits per heavy atom. The van der Waals surface area contributed by atoms with Crippen LogP contribution < -0.4 is 5.32 Å². The van der Waals surface area contributed by atoms with Crippen LogP contribution in [0, 0.1) is 16.3 Å². The lowest BCUT2D eigenvalue weighted by molar-refractivity contribution is 0.601. The smallest absolute Gasteiger partial charge is 0.123 e. The van der Waals surface area contributed by atoms with Gasteiger partial charge in [-0.2, -0.15) is 0 Å². The minimum Gasteiger partial charge on any atom is -0.306 e. The van der Waals surface area contributed by atoms with Gasteiger partial charge in [-0.05, 0) is 70.9 Å². The Hall–Kier alpha value is -0.940. The monoisotopic (exact) mass is 369 g/mol. The average Bonchev–Trinajstić information content (AvgIpc) is 2.36. The quantitative estimate of drug-likeness (QED) is 0.786. The van der Waals surface area contributed by atoms with Crippen LogP contribution in [0.3, 0.4) is 0 Å². The van der Waals surface area contributed by atoms with E-state index in [9.17, 15) is 4.39 Å². The van der Waals surface area contributed by atoms with Crippen molar-refractivity contribution in [3.63, 3.8) is 0 Å². The maximum Gasteiger partial charge on any atom is 0.123 e. The third-order valence-corrected chi connectivity index (χ3v) is 4.00. The minimum atomic E-state index is -0.177. The highest BCUT2D eigenvalue weighted by atomic mass is 127. The van der Waals surface area contributed by atoms with Gasteiger partial charge in [-0.1, -0.05) is 31.2 Å². The van der Waals surface area contributed by atoms with E-state index in [1.807, 2.05) is 25.1 Å². The molecule has 100 valence electrons. The molecule has 2 aromatic rings. The number of aryl methyl sites for hydroxylation is 1. The van der Waals surface area contributed by atoms with Crippen LogP contribution in [-0.2, 0) is 0 Å². The van der Waals surface area contributed by atoms with Gasteiger partial charge in [0.2, 0.25) is 0 Å². The molecular weight excluding hydrogens is 352 g/mol. The summed E-state index contributed by atoms with van der Waals surface area (Å²) in [6.45, 7) is 4.83. The summed E-state index contributed by atoms with van der Waals surface area (Å²) >= 11 is 2.33. The van der Waals surface area contributed by atoms with Crippen molar-refractivity contribution in [2.45, 2.75) is 19.9 Å². The molecule has 0 aliphatic rings. The zero-order valence-corrected chi connectivity index (χ0v) is 13.2. The highest BCUT2D eigenvalue weighted by Gasteiger charge is 2.16. The van der Waals surface area contributed by atoms with Gasteiger partial charge in [-0.15, -0.1) is 0 Å². The third-order valence-electron chi connectivity index (χ3n) is 3.02. The molecule has 0 saturated heterocycles. The van der Waals surface area contributed by atoms with Crippen molar-refractivity contribution in [1.82, 2.24) is 5.32 Å². The lowest BCUT2D eigenvalue weighted by Gasteiger charge is -2.21. The summed E-state index contributed by atoms with van der Waals surface area (Å²) in [4.78, 5) is 0. The summed E-state index contributed by atoms with van der Waals surface area (Å²) in [5.74, 6) is -0.177. The maximum absolute atomic E-state index is 13.6. The lowest BCUT2D eigenvalue weighted by atomic mass is 9.97. The van der Waals surface area contributed by atoms with Gasteiger partial charge in [-0.25, -0.2) is 4.39 Å². The van der Waals surface area contributed by atoms with Gasteiger partial charge < -0.3 is 5.32 Å². The number of benzene rings is 2. The number of hydrogen-bond donors (Lipinski definition) is 1. The van der Waals surface area contributed by atoms with Gasteiger partial charge in [0, 0.05) is 3.57 Å². The first kappa shape index (κ1) is 14.5. The third kappa shape index (κ3) is 3.54. The fraction of sp³-hybridized carbons (Fsp3) is 0.250. The number of hydrogen-bond acceptors (Lipinski definition) is 1. The van der Waals surface area contributed by atoms with E-state index in [2.05, 4.69) is 47.0 Å². The van der Waals surface area contributed by atoms with Crippen molar-refractivity contribution in [3.8, 4) is 0 Å². The standard InChI is InChI=1S/C16H17FIN/c1-3-19-16(14-6-4-5-7-15(14)18)12-8-11(2)9-13(17)10-12/h4-10,16,19H,3H2,1-2H3. The van der Waals surface area contributed by atoms with Gasteiger partial charge in [0.05, 0.1) is 6.04 Å². The zero-order valence-electron chi connectivity index (χ0n) is 11.1. The van der Waals surface area contributed by atoms with Gasteiger partial charge in [0.1, 0.15) is 5.82 Å². The van der Waals surface area contributed by atoms with Gasteiger partial charge in [0.25, 0.3) is 0 Å². The molecule has 0 amide bonds. The van der Waals surface area contributed by atoms with Crippen LogP contribution in [0.4, 0.5) is 4.39 Å². The summed E-state index contributed by atoms with van der Waals surface area (Å²) in [5.41, 5.74) is 3.11. The Bertz CT molecular complexity index is 548. The molecule has 1 unspecified atom stereocenters. The molecule has 1 nitrogen and oxygen atoms in total. The highest BCUT2D eigenvalue weighted by Crippen LogP contribution is 2.27. The van der Waals surface area contributed by atoms with Crippen LogP contribution >= 0.6 is 22.6 Å². The van der Waals surface area contributed by atoms with Gasteiger partial charge >= 0.3 is 0 Å². The largest absolute Gasteiger partial charge is 0.306 e. The average molecular weight is 369 g/mol. The summed E-state index contributed by atoms with van der Waals surface area (Å²) in [5, 5.41) is 3.44. The Morgan fingerprint density at radius 1 is 1.21 bits per heavy atom. The Morgan fingerprint density at radius 3 is 2.58 bits per heavy atom.